The predicted molar refractivity (Wildman–Crippen MR) is 542 cm³/mol. The van der Waals surface area contributed by atoms with Gasteiger partial charge >= 0.3 is 6.18 Å². The second-order valence-electron chi connectivity index (χ2n) is 37.4. The van der Waals surface area contributed by atoms with E-state index in [0.29, 0.717) is 58.2 Å². The summed E-state index contributed by atoms with van der Waals surface area (Å²) in [7, 11) is -1.36. The summed E-state index contributed by atoms with van der Waals surface area (Å²) in [6.45, 7) is 54.7. The van der Waals surface area contributed by atoms with E-state index in [-0.39, 0.29) is 27.9 Å². The summed E-state index contributed by atoms with van der Waals surface area (Å²) in [5.41, 5.74) is 14.1. The molecule has 0 saturated carbocycles. The van der Waals surface area contributed by atoms with Crippen molar-refractivity contribution in [2.24, 2.45) is 41.4 Å². The minimum Gasteiger partial charge on any atom is -0.497 e. The maximum absolute atomic E-state index is 12.6. The number of halogens is 9. The maximum atomic E-state index is 12.6. The van der Waals surface area contributed by atoms with E-state index in [9.17, 15) is 34.8 Å². The zero-order valence-electron chi connectivity index (χ0n) is 82.1. The van der Waals surface area contributed by atoms with Crippen LogP contribution in [0.15, 0.2) is 272 Å². The molecule has 704 valence electrons. The molecule has 0 amide bonds. The molecule has 11 aromatic rings. The topological polar surface area (TPSA) is 76.4 Å². The lowest BCUT2D eigenvalue weighted by atomic mass is 9.87. The fourth-order valence-electron chi connectivity index (χ4n) is 12.0. The van der Waals surface area contributed by atoms with Crippen LogP contribution in [-0.2, 0) is 60.0 Å². The van der Waals surface area contributed by atoms with Crippen LogP contribution in [0.4, 0.5) is 26.3 Å². The number of nitriles is 1. The molecule has 0 aliphatic heterocycles. The Labute approximate surface area is 791 Å². The Morgan fingerprint density at radius 1 is 0.349 bits per heavy atom. The van der Waals surface area contributed by atoms with Crippen LogP contribution in [0.5, 0.6) is 11.5 Å². The number of sulfone groups is 1. The molecular formula is C114H150Cl3F6NO4S. The van der Waals surface area contributed by atoms with Gasteiger partial charge in [0, 0.05) is 16.3 Å². The number of rotatable bonds is 21. The number of ether oxygens (including phenoxy) is 2. The number of methoxy groups -OCH3 is 1. The van der Waals surface area contributed by atoms with E-state index in [4.69, 9.17) is 49.5 Å². The molecule has 0 aromatic heterocycles. The Balaban J connectivity index is 0.000000711. The molecular weight excluding hydrogens is 1700 g/mol. The SMILES string of the molecule is CC(C)COc1ccc(C(C)(C)C)cc1.CC(C)Cc1ccc(C#N)cc1.CC(C)Cc1ccc(C(F)(F)F)cc1.CC(C)Cc1ccc(Cl)cc1.CC(C)Cc1ccc(F)cc1.CC(C)Cc1ccc(S(C)(=O)=O)cc1.CC(C)c1ccc(Cl)cc1.CC(C)c1ccc(F)c(Cl)c1.CC(C)c1ccc(F)cc1.CC(C)c1ccccc1.COc1ccc(CC(C)C)cc1. The summed E-state index contributed by atoms with van der Waals surface area (Å²) < 4.78 is 107. The summed E-state index contributed by atoms with van der Waals surface area (Å²) >= 11 is 17.0. The zero-order chi connectivity index (χ0) is 97.7. The summed E-state index contributed by atoms with van der Waals surface area (Å²) in [5.74, 6) is 7.76. The lowest BCUT2D eigenvalue weighted by Crippen LogP contribution is -2.11. The van der Waals surface area contributed by atoms with E-state index in [1.807, 2.05) is 131 Å². The smallest absolute Gasteiger partial charge is 0.416 e. The molecule has 11 aromatic carbocycles. The third-order valence-corrected chi connectivity index (χ3v) is 20.9. The molecule has 0 atom stereocenters. The normalized spacial score (nSPS) is 10.9. The molecule has 5 nitrogen and oxygen atoms in total. The van der Waals surface area contributed by atoms with Gasteiger partial charge in [0.15, 0.2) is 9.84 Å². The van der Waals surface area contributed by atoms with Crippen molar-refractivity contribution >= 4 is 44.6 Å². The molecule has 0 bridgehead atoms. The van der Waals surface area contributed by atoms with Gasteiger partial charge in [-0.15, -0.1) is 0 Å². The molecule has 0 spiro atoms. The molecule has 0 aliphatic carbocycles. The molecule has 0 radical (unpaired) electrons. The van der Waals surface area contributed by atoms with Crippen LogP contribution in [0.3, 0.4) is 0 Å². The minimum atomic E-state index is -4.23. The Hall–Kier alpha value is -9.09. The van der Waals surface area contributed by atoms with Crippen molar-refractivity contribution < 1.29 is 44.2 Å². The van der Waals surface area contributed by atoms with Gasteiger partial charge in [-0.25, -0.2) is 21.6 Å². The van der Waals surface area contributed by atoms with E-state index in [0.717, 1.165) is 107 Å². The number of alkyl halides is 3. The molecule has 15 heteroatoms. The molecule has 0 N–H and O–H groups in total. The summed E-state index contributed by atoms with van der Waals surface area (Å²) in [6.07, 6.45) is 3.20. The van der Waals surface area contributed by atoms with Crippen LogP contribution < -0.4 is 9.47 Å². The molecule has 11 rings (SSSR count). The van der Waals surface area contributed by atoms with Crippen LogP contribution in [0, 0.1) is 70.2 Å². The van der Waals surface area contributed by atoms with Crippen LogP contribution >= 0.6 is 34.8 Å². The number of nitrogens with zero attached hydrogens (tertiary/aromatic N) is 1. The molecule has 0 saturated heterocycles. The lowest BCUT2D eigenvalue weighted by molar-refractivity contribution is -0.137. The average molecular weight is 1850 g/mol. The number of hydrogen-bond acceptors (Lipinski definition) is 5. The van der Waals surface area contributed by atoms with Crippen LogP contribution in [0.25, 0.3) is 0 Å². The summed E-state index contributed by atoms with van der Waals surface area (Å²) in [4.78, 5) is 0.394. The van der Waals surface area contributed by atoms with Crippen molar-refractivity contribution in [3.63, 3.8) is 0 Å². The summed E-state index contributed by atoms with van der Waals surface area (Å²) in [5, 5.41) is 10.4. The van der Waals surface area contributed by atoms with Gasteiger partial charge < -0.3 is 9.47 Å². The monoisotopic (exact) mass is 1850 g/mol. The van der Waals surface area contributed by atoms with Crippen molar-refractivity contribution in [2.45, 2.75) is 252 Å². The standard InChI is InChI=1S/C14H22O.C11H13F3.C11H13N.C11H16O2S.C11H16O.C10H13Cl.C10H13F.C9H10ClF.C9H11Cl.C9H11F.C9H12/c1-11(2)10-15-13-8-6-12(7-9-13)14(3,4)5;1-8(2)7-9-3-5-10(6-4-9)11(12,13)14;1-9(2)7-10-3-5-11(8-12)6-4-10;1-9(2)8-10-4-6-11(7-5-10)14(3,12)13;1-9(2)8-10-4-6-11(12-3)7-5-10;2*1-8(2)7-9-3-5-10(11)6-4-9;1-6(2)7-3-4-9(11)8(10)5-7;2*1-7(2)8-3-5-9(10)6-4-8;1-8(2)9-6-4-3-5-7-9/h6-9,11H,10H2,1-5H3;3-6,8H,7H2,1-2H3;3-6,9H,7H2,1-2H3;4-7,9H,8H2,1-3H3;4-7,9H,8H2,1-3H3;2*3-6,8H,7H2,1-2H3;3-6H,1-2H3;2*3-7H,1-2H3;3-8H,1-2H3. The van der Waals surface area contributed by atoms with Gasteiger partial charge in [0.2, 0.25) is 0 Å². The van der Waals surface area contributed by atoms with Gasteiger partial charge in [0.25, 0.3) is 0 Å². The van der Waals surface area contributed by atoms with Gasteiger partial charge in [-0.1, -0.05) is 353 Å². The van der Waals surface area contributed by atoms with Gasteiger partial charge in [0.1, 0.15) is 29.0 Å². The van der Waals surface area contributed by atoms with E-state index in [2.05, 4.69) is 236 Å². The van der Waals surface area contributed by atoms with Crippen LogP contribution in [0.1, 0.15) is 269 Å². The van der Waals surface area contributed by atoms with E-state index < -0.39 is 21.6 Å². The van der Waals surface area contributed by atoms with Gasteiger partial charge in [-0.3, -0.25) is 0 Å². The Morgan fingerprint density at radius 3 is 0.938 bits per heavy atom. The van der Waals surface area contributed by atoms with Crippen LogP contribution in [0.2, 0.25) is 15.1 Å². The molecule has 129 heavy (non-hydrogen) atoms. The fraction of sp³-hybridized carbons (Fsp3) is 0.412. The molecule has 0 heterocycles. The molecule has 0 aliphatic rings. The van der Waals surface area contributed by atoms with Crippen molar-refractivity contribution in [3.8, 4) is 17.6 Å². The quantitative estimate of drug-likeness (QED) is 0.0670. The van der Waals surface area contributed by atoms with Crippen molar-refractivity contribution in [3.05, 3.63) is 372 Å². The van der Waals surface area contributed by atoms with Gasteiger partial charge in [-0.05, 0) is 292 Å². The molecule has 0 fully saturated rings. The summed E-state index contributed by atoms with van der Waals surface area (Å²) in [6, 6.07) is 83.8. The molecule has 0 unspecified atom stereocenters. The van der Waals surface area contributed by atoms with Crippen molar-refractivity contribution in [1.29, 1.82) is 5.26 Å². The van der Waals surface area contributed by atoms with Crippen molar-refractivity contribution in [2.75, 3.05) is 20.0 Å². The largest absolute Gasteiger partial charge is 0.497 e. The first-order chi connectivity index (χ1) is 60.3. The van der Waals surface area contributed by atoms with Crippen molar-refractivity contribution in [1.82, 2.24) is 0 Å². The number of benzene rings is 11. The lowest BCUT2D eigenvalue weighted by Gasteiger charge is -2.19. The first-order valence-electron chi connectivity index (χ1n) is 45.1. The van der Waals surface area contributed by atoms with E-state index in [1.165, 1.54) is 86.7 Å². The highest BCUT2D eigenvalue weighted by atomic mass is 35.5. The maximum Gasteiger partial charge on any atom is 0.416 e. The predicted octanol–water partition coefficient (Wildman–Crippen LogP) is 35.2. The fourth-order valence-corrected chi connectivity index (χ4v) is 13.0. The Bertz CT molecular complexity index is 4790. The Morgan fingerprint density at radius 2 is 0.636 bits per heavy atom. The first kappa shape index (κ1) is 118. The van der Waals surface area contributed by atoms with Gasteiger partial charge in [0.05, 0.1) is 40.8 Å². The number of hydrogen-bond donors (Lipinski definition) is 0. The van der Waals surface area contributed by atoms with Crippen LogP contribution in [-0.4, -0.2) is 28.4 Å². The third-order valence-electron chi connectivity index (χ3n) is 19.0. The third kappa shape index (κ3) is 57.0. The first-order valence-corrected chi connectivity index (χ1v) is 48.1. The second kappa shape index (κ2) is 63.1. The zero-order valence-corrected chi connectivity index (χ0v) is 85.2. The highest BCUT2D eigenvalue weighted by Gasteiger charge is 2.30. The van der Waals surface area contributed by atoms with Gasteiger partial charge in [-0.2, -0.15) is 18.4 Å². The van der Waals surface area contributed by atoms with E-state index in [1.54, 1.807) is 43.5 Å². The highest BCUT2D eigenvalue weighted by Crippen LogP contribution is 2.31. The minimum absolute atomic E-state index is 0.155. The highest BCUT2D eigenvalue weighted by molar-refractivity contribution is 7.90. The van der Waals surface area contributed by atoms with E-state index >= 15 is 0 Å². The Kier molecular flexibility index (Phi) is 57.6. The average Bonchev–Trinajstić information content (AvgIpc) is 0.858. The second-order valence-corrected chi connectivity index (χ2v) is 40.7.